The number of nitrogens with one attached hydrogen (secondary N) is 1. The highest BCUT2D eigenvalue weighted by atomic mass is 32.2. The number of nitrogens with zero attached hydrogens (tertiary/aromatic N) is 3. The summed E-state index contributed by atoms with van der Waals surface area (Å²) in [5.41, 5.74) is 0.686. The Labute approximate surface area is 180 Å². The van der Waals surface area contributed by atoms with E-state index in [4.69, 9.17) is 4.74 Å². The highest BCUT2D eigenvalue weighted by molar-refractivity contribution is 7.84. The van der Waals surface area contributed by atoms with Crippen molar-refractivity contribution in [3.05, 3.63) is 53.9 Å². The van der Waals surface area contributed by atoms with Gasteiger partial charge >= 0.3 is 6.09 Å². The molecule has 2 aromatic rings. The minimum atomic E-state index is -1.14. The molecule has 1 aromatic heterocycles. The summed E-state index contributed by atoms with van der Waals surface area (Å²) in [5, 5.41) is 7.08. The maximum absolute atomic E-state index is 13.3. The van der Waals surface area contributed by atoms with Crippen molar-refractivity contribution < 1.29 is 18.5 Å². The molecule has 0 aliphatic heterocycles. The maximum atomic E-state index is 13.3. The fourth-order valence-corrected chi connectivity index (χ4v) is 3.71. The van der Waals surface area contributed by atoms with Gasteiger partial charge in [0, 0.05) is 48.7 Å². The average molecular weight is 435 g/mol. The molecule has 0 fully saturated rings. The number of likely N-dealkylation sites (N-methyl/N-ethyl adjacent to an activating group) is 1. The molecule has 30 heavy (non-hydrogen) atoms. The van der Waals surface area contributed by atoms with Crippen molar-refractivity contribution in [2.75, 3.05) is 19.1 Å². The molecule has 0 saturated carbocycles. The SMILES string of the molecule is CN(C(=O)OC(C)(C)C)[C@H](C(=O)N[C@@H](C[S@](C)=O)c1ccccc1)c1cnn(C)c1. The fourth-order valence-electron chi connectivity index (χ4n) is 2.96. The molecule has 1 N–H and O–H groups in total. The van der Waals surface area contributed by atoms with Gasteiger partial charge in [0.25, 0.3) is 0 Å². The lowest BCUT2D eigenvalue weighted by molar-refractivity contribution is -0.126. The number of carbonyl (C=O) groups is 2. The van der Waals surface area contributed by atoms with Crippen molar-refractivity contribution in [1.82, 2.24) is 20.0 Å². The zero-order chi connectivity index (χ0) is 22.5. The lowest BCUT2D eigenvalue weighted by Crippen LogP contribution is -2.45. The fraction of sp³-hybridized carbons (Fsp3) is 0.476. The lowest BCUT2D eigenvalue weighted by atomic mass is 10.1. The molecular weight excluding hydrogens is 404 g/mol. The molecule has 3 atom stereocenters. The highest BCUT2D eigenvalue weighted by Gasteiger charge is 2.34. The van der Waals surface area contributed by atoms with Crippen molar-refractivity contribution in [2.24, 2.45) is 7.05 Å². The van der Waals surface area contributed by atoms with Gasteiger partial charge in [0.2, 0.25) is 5.91 Å². The third-order valence-corrected chi connectivity index (χ3v) is 5.08. The van der Waals surface area contributed by atoms with Gasteiger partial charge in [0.1, 0.15) is 11.6 Å². The summed E-state index contributed by atoms with van der Waals surface area (Å²) in [6, 6.07) is 7.92. The number of amides is 2. The number of hydrogen-bond donors (Lipinski definition) is 1. The Kier molecular flexibility index (Phi) is 7.77. The predicted octanol–water partition coefficient (Wildman–Crippen LogP) is 2.56. The molecule has 1 heterocycles. The minimum Gasteiger partial charge on any atom is -0.444 e. The van der Waals surface area contributed by atoms with Gasteiger partial charge in [0.05, 0.1) is 12.2 Å². The summed E-state index contributed by atoms with van der Waals surface area (Å²) < 4.78 is 18.9. The van der Waals surface area contributed by atoms with Crippen LogP contribution >= 0.6 is 0 Å². The minimum absolute atomic E-state index is 0.256. The van der Waals surface area contributed by atoms with E-state index in [9.17, 15) is 13.8 Å². The van der Waals surface area contributed by atoms with Crippen molar-refractivity contribution in [1.29, 1.82) is 0 Å². The largest absolute Gasteiger partial charge is 0.444 e. The third-order valence-electron chi connectivity index (χ3n) is 4.28. The Morgan fingerprint density at radius 3 is 2.37 bits per heavy atom. The molecule has 0 saturated heterocycles. The summed E-state index contributed by atoms with van der Waals surface area (Å²) in [5.74, 6) is -0.151. The molecule has 2 rings (SSSR count). The second kappa shape index (κ2) is 9.88. The molecule has 2 amide bonds. The number of aromatic nitrogens is 2. The Morgan fingerprint density at radius 1 is 1.23 bits per heavy atom. The number of aryl methyl sites for hydroxylation is 1. The Morgan fingerprint density at radius 2 is 1.87 bits per heavy atom. The van der Waals surface area contributed by atoms with Crippen LogP contribution in [-0.4, -0.2) is 55.5 Å². The molecule has 1 aromatic carbocycles. The van der Waals surface area contributed by atoms with Crippen LogP contribution in [0.1, 0.15) is 44.0 Å². The van der Waals surface area contributed by atoms with Crippen LogP contribution in [0.15, 0.2) is 42.7 Å². The first kappa shape index (κ1) is 23.6. The molecule has 0 unspecified atom stereocenters. The van der Waals surface area contributed by atoms with E-state index in [2.05, 4.69) is 10.4 Å². The predicted molar refractivity (Wildman–Crippen MR) is 116 cm³/mol. The van der Waals surface area contributed by atoms with Crippen LogP contribution in [0.2, 0.25) is 0 Å². The standard InChI is InChI=1S/C21H30N4O4S/c1-21(2,3)29-20(27)25(5)18(16-12-22-24(4)13-16)19(26)23-17(14-30(6)28)15-10-8-7-9-11-15/h7-13,17-18H,14H2,1-6H3,(H,23,26)/t17-,18-,30-/m0/s1. The molecule has 0 aliphatic rings. The van der Waals surface area contributed by atoms with Gasteiger partial charge in [0.15, 0.2) is 0 Å². The summed E-state index contributed by atoms with van der Waals surface area (Å²) in [6.07, 6.45) is 4.19. The van der Waals surface area contributed by atoms with E-state index in [1.54, 1.807) is 51.2 Å². The molecule has 0 radical (unpaired) electrons. The Balaban J connectivity index is 2.33. The first-order chi connectivity index (χ1) is 14.0. The number of rotatable bonds is 7. The van der Waals surface area contributed by atoms with Crippen LogP contribution in [0.4, 0.5) is 4.79 Å². The first-order valence-electron chi connectivity index (χ1n) is 9.57. The average Bonchev–Trinajstić information content (AvgIpc) is 3.06. The topological polar surface area (TPSA) is 93.5 Å². The van der Waals surface area contributed by atoms with Gasteiger partial charge in [-0.3, -0.25) is 18.6 Å². The lowest BCUT2D eigenvalue weighted by Gasteiger charge is -2.30. The van der Waals surface area contributed by atoms with Gasteiger partial charge in [-0.15, -0.1) is 0 Å². The van der Waals surface area contributed by atoms with Crippen LogP contribution < -0.4 is 5.32 Å². The van der Waals surface area contributed by atoms with Gasteiger partial charge in [-0.1, -0.05) is 30.3 Å². The van der Waals surface area contributed by atoms with Crippen LogP contribution in [0.25, 0.3) is 0 Å². The molecule has 164 valence electrons. The van der Waals surface area contributed by atoms with Crippen LogP contribution in [0.3, 0.4) is 0 Å². The zero-order valence-electron chi connectivity index (χ0n) is 18.3. The number of hydrogen-bond acceptors (Lipinski definition) is 5. The molecule has 0 aliphatic carbocycles. The normalized spacial score (nSPS) is 14.5. The van der Waals surface area contributed by atoms with Crippen LogP contribution in [0, 0.1) is 0 Å². The van der Waals surface area contributed by atoms with E-state index in [0.29, 0.717) is 5.56 Å². The van der Waals surface area contributed by atoms with Crippen LogP contribution in [-0.2, 0) is 27.4 Å². The van der Waals surface area contributed by atoms with Gasteiger partial charge in [-0.2, -0.15) is 5.10 Å². The second-order valence-electron chi connectivity index (χ2n) is 8.15. The summed E-state index contributed by atoms with van der Waals surface area (Å²) in [7, 11) is 2.11. The molecule has 0 spiro atoms. The molecule has 9 heteroatoms. The molecule has 8 nitrogen and oxygen atoms in total. The Hall–Kier alpha value is -2.68. The highest BCUT2D eigenvalue weighted by Crippen LogP contribution is 2.24. The van der Waals surface area contributed by atoms with Gasteiger partial charge < -0.3 is 10.1 Å². The van der Waals surface area contributed by atoms with E-state index < -0.39 is 40.5 Å². The number of benzene rings is 1. The second-order valence-corrected chi connectivity index (χ2v) is 9.63. The maximum Gasteiger partial charge on any atom is 0.410 e. The smallest absolute Gasteiger partial charge is 0.410 e. The zero-order valence-corrected chi connectivity index (χ0v) is 19.1. The van der Waals surface area contributed by atoms with Gasteiger partial charge in [-0.25, -0.2) is 4.79 Å². The quantitative estimate of drug-likeness (QED) is 0.723. The van der Waals surface area contributed by atoms with E-state index in [0.717, 1.165) is 5.56 Å². The number of ether oxygens (including phenoxy) is 1. The number of carbonyl (C=O) groups excluding carboxylic acids is 2. The third kappa shape index (κ3) is 6.69. The molecule has 0 bridgehead atoms. The summed E-state index contributed by atoms with van der Waals surface area (Å²) >= 11 is 0. The van der Waals surface area contributed by atoms with Crippen LogP contribution in [0.5, 0.6) is 0 Å². The van der Waals surface area contributed by atoms with E-state index >= 15 is 0 Å². The van der Waals surface area contributed by atoms with Gasteiger partial charge in [-0.05, 0) is 26.3 Å². The van der Waals surface area contributed by atoms with E-state index in [1.807, 2.05) is 30.3 Å². The molecular formula is C21H30N4O4S. The summed E-state index contributed by atoms with van der Waals surface area (Å²) in [4.78, 5) is 27.3. The Bertz CT molecular complexity index is 892. The first-order valence-corrected chi connectivity index (χ1v) is 11.3. The van der Waals surface area contributed by atoms with E-state index in [-0.39, 0.29) is 5.75 Å². The summed E-state index contributed by atoms with van der Waals surface area (Å²) in [6.45, 7) is 5.29. The van der Waals surface area contributed by atoms with Crippen molar-refractivity contribution in [3.63, 3.8) is 0 Å². The monoisotopic (exact) mass is 434 g/mol. The van der Waals surface area contributed by atoms with Crippen molar-refractivity contribution in [2.45, 2.75) is 38.5 Å². The van der Waals surface area contributed by atoms with Crippen molar-refractivity contribution >= 4 is 22.8 Å². The van der Waals surface area contributed by atoms with Crippen molar-refractivity contribution in [3.8, 4) is 0 Å². The van der Waals surface area contributed by atoms with E-state index in [1.165, 1.54) is 11.9 Å².